The van der Waals surface area contributed by atoms with E-state index in [0.29, 0.717) is 6.61 Å². The molecule has 3 heteroatoms. The van der Waals surface area contributed by atoms with Crippen LogP contribution in [0.5, 0.6) is 5.75 Å². The molecule has 1 aromatic heterocycles. The number of aromatic nitrogens is 1. The van der Waals surface area contributed by atoms with Gasteiger partial charge in [0.05, 0.1) is 5.69 Å². The summed E-state index contributed by atoms with van der Waals surface area (Å²) in [7, 11) is 0. The lowest BCUT2D eigenvalue weighted by Gasteiger charge is -2.08. The van der Waals surface area contributed by atoms with Crippen molar-refractivity contribution in [2.75, 3.05) is 0 Å². The van der Waals surface area contributed by atoms with Gasteiger partial charge in [-0.3, -0.25) is 4.98 Å². The van der Waals surface area contributed by atoms with Crippen molar-refractivity contribution in [3.8, 4) is 17.0 Å². The number of nitrogens with zero attached hydrogens (tertiary/aromatic N) is 1. The van der Waals surface area contributed by atoms with Crippen molar-refractivity contribution in [2.45, 2.75) is 6.61 Å². The van der Waals surface area contributed by atoms with Crippen molar-refractivity contribution in [1.82, 2.24) is 4.98 Å². The zero-order valence-corrected chi connectivity index (χ0v) is 12.1. The molecule has 0 bridgehead atoms. The highest BCUT2D eigenvalue weighted by molar-refractivity contribution is 6.30. The van der Waals surface area contributed by atoms with Crippen LogP contribution < -0.4 is 4.74 Å². The Hall–Kier alpha value is -2.32. The van der Waals surface area contributed by atoms with Crippen molar-refractivity contribution < 1.29 is 4.74 Å². The predicted molar refractivity (Wildman–Crippen MR) is 85.5 cm³/mol. The average Bonchev–Trinajstić information content (AvgIpc) is 2.55. The zero-order chi connectivity index (χ0) is 14.5. The molecule has 0 spiro atoms. The molecule has 0 aliphatic carbocycles. The first kappa shape index (κ1) is 13.7. The van der Waals surface area contributed by atoms with Crippen molar-refractivity contribution >= 4 is 11.6 Å². The summed E-state index contributed by atoms with van der Waals surface area (Å²) in [6, 6.07) is 21.5. The summed E-state index contributed by atoms with van der Waals surface area (Å²) in [5.41, 5.74) is 3.03. The Morgan fingerprint density at radius 2 is 1.67 bits per heavy atom. The minimum Gasteiger partial charge on any atom is -0.489 e. The van der Waals surface area contributed by atoms with Gasteiger partial charge >= 0.3 is 0 Å². The third kappa shape index (κ3) is 3.61. The molecule has 0 saturated heterocycles. The van der Waals surface area contributed by atoms with Crippen LogP contribution in [0.3, 0.4) is 0 Å². The molecule has 0 N–H and O–H groups in total. The van der Waals surface area contributed by atoms with E-state index in [0.717, 1.165) is 27.6 Å². The van der Waals surface area contributed by atoms with Crippen LogP contribution >= 0.6 is 11.6 Å². The standard InChI is InChI=1S/C18H14ClNO/c19-16-8-6-15(7-9-16)18-12-17(10-11-20-18)21-13-14-4-2-1-3-5-14/h1-12H,13H2. The lowest BCUT2D eigenvalue weighted by molar-refractivity contribution is 0.306. The van der Waals surface area contributed by atoms with Crippen molar-refractivity contribution in [2.24, 2.45) is 0 Å². The number of benzene rings is 2. The van der Waals surface area contributed by atoms with Crippen LogP contribution in [0.2, 0.25) is 5.02 Å². The molecule has 1 heterocycles. The van der Waals surface area contributed by atoms with Gasteiger partial charge in [-0.25, -0.2) is 0 Å². The summed E-state index contributed by atoms with van der Waals surface area (Å²) in [5.74, 6) is 0.804. The maximum absolute atomic E-state index is 5.90. The van der Waals surface area contributed by atoms with E-state index in [4.69, 9.17) is 16.3 Å². The van der Waals surface area contributed by atoms with Crippen molar-refractivity contribution in [1.29, 1.82) is 0 Å². The molecule has 0 atom stereocenters. The minimum absolute atomic E-state index is 0.547. The number of hydrogen-bond acceptors (Lipinski definition) is 2. The number of halogens is 1. The second-order valence-electron chi connectivity index (χ2n) is 4.66. The fourth-order valence-corrected chi connectivity index (χ4v) is 2.15. The monoisotopic (exact) mass is 295 g/mol. The molecule has 3 aromatic rings. The molecule has 21 heavy (non-hydrogen) atoms. The van der Waals surface area contributed by atoms with E-state index in [-0.39, 0.29) is 0 Å². The Morgan fingerprint density at radius 3 is 2.43 bits per heavy atom. The molecule has 0 aliphatic rings. The van der Waals surface area contributed by atoms with E-state index in [1.54, 1.807) is 6.20 Å². The molecular weight excluding hydrogens is 282 g/mol. The highest BCUT2D eigenvalue weighted by Gasteiger charge is 2.02. The Morgan fingerprint density at radius 1 is 0.905 bits per heavy atom. The second-order valence-corrected chi connectivity index (χ2v) is 5.09. The van der Waals surface area contributed by atoms with Crippen LogP contribution in [0.1, 0.15) is 5.56 Å². The molecule has 3 rings (SSSR count). The summed E-state index contributed by atoms with van der Waals surface area (Å²) in [5, 5.41) is 0.718. The highest BCUT2D eigenvalue weighted by atomic mass is 35.5. The lowest BCUT2D eigenvalue weighted by atomic mass is 10.1. The van der Waals surface area contributed by atoms with E-state index in [1.807, 2.05) is 66.7 Å². The van der Waals surface area contributed by atoms with Crippen LogP contribution in [-0.4, -0.2) is 4.98 Å². The molecule has 2 aromatic carbocycles. The van der Waals surface area contributed by atoms with Gasteiger partial charge in [0.15, 0.2) is 0 Å². The predicted octanol–water partition coefficient (Wildman–Crippen LogP) is 4.98. The van der Waals surface area contributed by atoms with Crippen LogP contribution in [0.4, 0.5) is 0 Å². The number of rotatable bonds is 4. The Labute approximate surface area is 129 Å². The largest absolute Gasteiger partial charge is 0.489 e. The first-order valence-corrected chi connectivity index (χ1v) is 7.08. The van der Waals surface area contributed by atoms with Crippen molar-refractivity contribution in [3.63, 3.8) is 0 Å². The topological polar surface area (TPSA) is 22.1 Å². The fourth-order valence-electron chi connectivity index (χ4n) is 2.02. The minimum atomic E-state index is 0.547. The average molecular weight is 296 g/mol. The van der Waals surface area contributed by atoms with Gasteiger partial charge in [0, 0.05) is 22.8 Å². The summed E-state index contributed by atoms with van der Waals surface area (Å²) >= 11 is 5.90. The van der Waals surface area contributed by atoms with E-state index in [1.165, 1.54) is 0 Å². The highest BCUT2D eigenvalue weighted by Crippen LogP contribution is 2.23. The molecule has 0 amide bonds. The molecule has 104 valence electrons. The maximum Gasteiger partial charge on any atom is 0.123 e. The Balaban J connectivity index is 1.75. The first-order valence-electron chi connectivity index (χ1n) is 6.70. The Bertz CT molecular complexity index is 711. The SMILES string of the molecule is Clc1ccc(-c2cc(OCc3ccccc3)ccn2)cc1. The smallest absolute Gasteiger partial charge is 0.123 e. The van der Waals surface area contributed by atoms with Gasteiger partial charge in [-0.15, -0.1) is 0 Å². The molecule has 0 unspecified atom stereocenters. The zero-order valence-electron chi connectivity index (χ0n) is 11.4. The molecule has 0 saturated carbocycles. The fraction of sp³-hybridized carbons (Fsp3) is 0.0556. The molecule has 2 nitrogen and oxygen atoms in total. The molecule has 0 aliphatic heterocycles. The Kier molecular flexibility index (Phi) is 4.17. The van der Waals surface area contributed by atoms with Gasteiger partial charge < -0.3 is 4.74 Å². The lowest BCUT2D eigenvalue weighted by Crippen LogP contribution is -1.95. The van der Waals surface area contributed by atoms with Gasteiger partial charge in [-0.1, -0.05) is 54.1 Å². The summed E-state index contributed by atoms with van der Waals surface area (Å²) in [6.45, 7) is 0.547. The molecule has 0 radical (unpaired) electrons. The second kappa shape index (κ2) is 6.42. The third-order valence-electron chi connectivity index (χ3n) is 3.12. The molecule has 0 fully saturated rings. The number of hydrogen-bond donors (Lipinski definition) is 0. The van der Waals surface area contributed by atoms with Crippen LogP contribution in [-0.2, 0) is 6.61 Å². The van der Waals surface area contributed by atoms with Crippen LogP contribution in [0, 0.1) is 0 Å². The maximum atomic E-state index is 5.90. The third-order valence-corrected chi connectivity index (χ3v) is 3.37. The van der Waals surface area contributed by atoms with Gasteiger partial charge in [-0.2, -0.15) is 0 Å². The van der Waals surface area contributed by atoms with E-state index < -0.39 is 0 Å². The number of pyridine rings is 1. The summed E-state index contributed by atoms with van der Waals surface area (Å²) in [6.07, 6.45) is 1.75. The summed E-state index contributed by atoms with van der Waals surface area (Å²) in [4.78, 5) is 4.37. The van der Waals surface area contributed by atoms with E-state index in [2.05, 4.69) is 4.98 Å². The van der Waals surface area contributed by atoms with Crippen molar-refractivity contribution in [3.05, 3.63) is 83.5 Å². The van der Waals surface area contributed by atoms with Crippen LogP contribution in [0.15, 0.2) is 72.9 Å². The normalized spacial score (nSPS) is 10.3. The van der Waals surface area contributed by atoms with Gasteiger partial charge in [0.1, 0.15) is 12.4 Å². The van der Waals surface area contributed by atoms with Gasteiger partial charge in [-0.05, 0) is 23.8 Å². The summed E-state index contributed by atoms with van der Waals surface area (Å²) < 4.78 is 5.81. The van der Waals surface area contributed by atoms with E-state index in [9.17, 15) is 0 Å². The first-order chi connectivity index (χ1) is 10.3. The molecular formula is C18H14ClNO. The quantitative estimate of drug-likeness (QED) is 0.677. The van der Waals surface area contributed by atoms with Gasteiger partial charge in [0.25, 0.3) is 0 Å². The van der Waals surface area contributed by atoms with Gasteiger partial charge in [0.2, 0.25) is 0 Å². The van der Waals surface area contributed by atoms with Crippen LogP contribution in [0.25, 0.3) is 11.3 Å². The van der Waals surface area contributed by atoms with E-state index >= 15 is 0 Å². The number of ether oxygens (including phenoxy) is 1.